The SMILES string of the molecule is NCc1cc2cccc(F)c2nc1Cl. The molecule has 2 N–H and O–H groups in total. The highest BCUT2D eigenvalue weighted by Crippen LogP contribution is 2.21. The van der Waals surface area contributed by atoms with E-state index < -0.39 is 0 Å². The van der Waals surface area contributed by atoms with Gasteiger partial charge in [0.15, 0.2) is 0 Å². The fourth-order valence-electron chi connectivity index (χ4n) is 1.33. The Balaban J connectivity index is 2.79. The minimum absolute atomic E-state index is 0.269. The van der Waals surface area contributed by atoms with Crippen LogP contribution in [0.5, 0.6) is 0 Å². The molecular formula is C10H8ClFN2. The lowest BCUT2D eigenvalue weighted by Crippen LogP contribution is -1.99. The van der Waals surface area contributed by atoms with Crippen molar-refractivity contribution in [2.75, 3.05) is 0 Å². The number of benzene rings is 1. The van der Waals surface area contributed by atoms with Gasteiger partial charge < -0.3 is 5.73 Å². The van der Waals surface area contributed by atoms with Gasteiger partial charge >= 0.3 is 0 Å². The highest BCUT2D eigenvalue weighted by atomic mass is 35.5. The average molecular weight is 211 g/mol. The second kappa shape index (κ2) is 3.52. The van der Waals surface area contributed by atoms with Crippen molar-refractivity contribution in [3.05, 3.63) is 40.8 Å². The van der Waals surface area contributed by atoms with E-state index in [9.17, 15) is 4.39 Å². The summed E-state index contributed by atoms with van der Waals surface area (Å²) >= 11 is 5.82. The first-order valence-corrected chi connectivity index (χ1v) is 4.54. The van der Waals surface area contributed by atoms with Crippen molar-refractivity contribution in [1.29, 1.82) is 0 Å². The Labute approximate surface area is 85.5 Å². The summed E-state index contributed by atoms with van der Waals surface area (Å²) in [5, 5.41) is 0.986. The molecule has 14 heavy (non-hydrogen) atoms. The highest BCUT2D eigenvalue weighted by Gasteiger charge is 2.06. The summed E-state index contributed by atoms with van der Waals surface area (Å²) in [7, 11) is 0. The molecule has 4 heteroatoms. The molecule has 0 unspecified atom stereocenters. The molecule has 1 heterocycles. The molecule has 0 aliphatic rings. The maximum absolute atomic E-state index is 13.2. The van der Waals surface area contributed by atoms with E-state index in [0.29, 0.717) is 6.54 Å². The largest absolute Gasteiger partial charge is 0.326 e. The van der Waals surface area contributed by atoms with Gasteiger partial charge in [0.2, 0.25) is 0 Å². The van der Waals surface area contributed by atoms with Crippen molar-refractivity contribution >= 4 is 22.5 Å². The quantitative estimate of drug-likeness (QED) is 0.735. The zero-order valence-corrected chi connectivity index (χ0v) is 8.05. The zero-order chi connectivity index (χ0) is 10.1. The third-order valence-electron chi connectivity index (χ3n) is 2.04. The second-order valence-electron chi connectivity index (χ2n) is 2.95. The van der Waals surface area contributed by atoms with E-state index in [0.717, 1.165) is 10.9 Å². The number of para-hydroxylation sites is 1. The smallest absolute Gasteiger partial charge is 0.149 e. The van der Waals surface area contributed by atoms with Crippen molar-refractivity contribution in [3.8, 4) is 0 Å². The van der Waals surface area contributed by atoms with Gasteiger partial charge in [0.05, 0.1) is 0 Å². The monoisotopic (exact) mass is 210 g/mol. The van der Waals surface area contributed by atoms with Crippen molar-refractivity contribution in [1.82, 2.24) is 4.98 Å². The van der Waals surface area contributed by atoms with E-state index in [4.69, 9.17) is 17.3 Å². The Kier molecular flexibility index (Phi) is 2.35. The Morgan fingerprint density at radius 2 is 2.21 bits per heavy atom. The summed E-state index contributed by atoms with van der Waals surface area (Å²) in [5.41, 5.74) is 6.47. The molecule has 0 atom stereocenters. The molecular weight excluding hydrogens is 203 g/mol. The third kappa shape index (κ3) is 1.45. The maximum atomic E-state index is 13.2. The van der Waals surface area contributed by atoms with Gasteiger partial charge in [-0.3, -0.25) is 0 Å². The molecule has 1 aromatic carbocycles. The molecule has 0 amide bonds. The molecule has 0 aliphatic heterocycles. The Bertz CT molecular complexity index is 485. The predicted octanol–water partition coefficient (Wildman–Crippen LogP) is 2.49. The summed E-state index contributed by atoms with van der Waals surface area (Å²) in [4.78, 5) is 3.96. The molecule has 0 aliphatic carbocycles. The maximum Gasteiger partial charge on any atom is 0.149 e. The van der Waals surface area contributed by atoms with Crippen LogP contribution in [0.4, 0.5) is 4.39 Å². The number of fused-ring (bicyclic) bond motifs is 1. The van der Waals surface area contributed by atoms with Crippen LogP contribution >= 0.6 is 11.6 Å². The molecule has 0 saturated carbocycles. The van der Waals surface area contributed by atoms with Crippen LogP contribution in [0.1, 0.15) is 5.56 Å². The number of nitrogens with two attached hydrogens (primary N) is 1. The summed E-state index contributed by atoms with van der Waals surface area (Å²) in [5.74, 6) is -0.368. The standard InChI is InChI=1S/C10H8ClFN2/c11-10-7(5-13)4-6-2-1-3-8(12)9(6)14-10/h1-4H,5,13H2. The predicted molar refractivity (Wildman–Crippen MR) is 54.6 cm³/mol. The normalized spacial score (nSPS) is 10.8. The van der Waals surface area contributed by atoms with Crippen LogP contribution in [-0.2, 0) is 6.54 Å². The molecule has 0 bridgehead atoms. The molecule has 0 saturated heterocycles. The topological polar surface area (TPSA) is 38.9 Å². The molecule has 0 radical (unpaired) electrons. The number of halogens is 2. The number of rotatable bonds is 1. The van der Waals surface area contributed by atoms with Crippen LogP contribution in [-0.4, -0.2) is 4.98 Å². The van der Waals surface area contributed by atoms with Crippen molar-refractivity contribution in [2.24, 2.45) is 5.73 Å². The lowest BCUT2D eigenvalue weighted by molar-refractivity contribution is 0.636. The van der Waals surface area contributed by atoms with Crippen molar-refractivity contribution in [3.63, 3.8) is 0 Å². The van der Waals surface area contributed by atoms with Crippen molar-refractivity contribution < 1.29 is 4.39 Å². The Morgan fingerprint density at radius 3 is 2.93 bits per heavy atom. The molecule has 72 valence electrons. The highest BCUT2D eigenvalue weighted by molar-refractivity contribution is 6.30. The fraction of sp³-hybridized carbons (Fsp3) is 0.100. The zero-order valence-electron chi connectivity index (χ0n) is 7.30. The second-order valence-corrected chi connectivity index (χ2v) is 3.31. The first-order chi connectivity index (χ1) is 6.72. The van der Waals surface area contributed by atoms with E-state index in [2.05, 4.69) is 4.98 Å². The Hall–Kier alpha value is -1.19. The van der Waals surface area contributed by atoms with Crippen LogP contribution in [0.3, 0.4) is 0 Å². The lowest BCUT2D eigenvalue weighted by atomic mass is 10.1. The number of nitrogens with zero attached hydrogens (tertiary/aromatic N) is 1. The molecule has 2 nitrogen and oxygen atoms in total. The van der Waals surface area contributed by atoms with Gasteiger partial charge in [-0.25, -0.2) is 9.37 Å². The molecule has 0 spiro atoms. The molecule has 2 aromatic rings. The van der Waals surface area contributed by atoms with Gasteiger partial charge in [-0.2, -0.15) is 0 Å². The summed E-state index contributed by atoms with van der Waals surface area (Å²) < 4.78 is 13.2. The number of aromatic nitrogens is 1. The van der Waals surface area contributed by atoms with Crippen LogP contribution < -0.4 is 5.73 Å². The van der Waals surface area contributed by atoms with Crippen molar-refractivity contribution in [2.45, 2.75) is 6.54 Å². The number of hydrogen-bond acceptors (Lipinski definition) is 2. The van der Waals surface area contributed by atoms with E-state index in [-0.39, 0.29) is 16.5 Å². The van der Waals surface area contributed by atoms with E-state index in [1.54, 1.807) is 18.2 Å². The van der Waals surface area contributed by atoms with Gasteiger partial charge in [0.1, 0.15) is 16.5 Å². The first kappa shape index (κ1) is 9.37. The lowest BCUT2D eigenvalue weighted by Gasteiger charge is -2.03. The number of pyridine rings is 1. The first-order valence-electron chi connectivity index (χ1n) is 4.16. The van der Waals surface area contributed by atoms with Gasteiger partial charge in [0, 0.05) is 17.5 Å². The van der Waals surface area contributed by atoms with Gasteiger partial charge in [0.25, 0.3) is 0 Å². The molecule has 0 fully saturated rings. The minimum Gasteiger partial charge on any atom is -0.326 e. The van der Waals surface area contributed by atoms with E-state index in [1.165, 1.54) is 6.07 Å². The van der Waals surface area contributed by atoms with Gasteiger partial charge in [-0.05, 0) is 12.1 Å². The fourth-order valence-corrected chi connectivity index (χ4v) is 1.54. The minimum atomic E-state index is -0.368. The van der Waals surface area contributed by atoms with Crippen LogP contribution in [0, 0.1) is 5.82 Å². The van der Waals surface area contributed by atoms with E-state index in [1.807, 2.05) is 0 Å². The molecule has 1 aromatic heterocycles. The summed E-state index contributed by atoms with van der Waals surface area (Å²) in [6.45, 7) is 0.304. The average Bonchev–Trinajstić information content (AvgIpc) is 2.19. The number of hydrogen-bond donors (Lipinski definition) is 1. The van der Waals surface area contributed by atoms with Crippen LogP contribution in [0.25, 0.3) is 10.9 Å². The van der Waals surface area contributed by atoms with Gasteiger partial charge in [-0.15, -0.1) is 0 Å². The summed E-state index contributed by atoms with van der Waals surface area (Å²) in [6, 6.07) is 6.52. The van der Waals surface area contributed by atoms with E-state index >= 15 is 0 Å². The van der Waals surface area contributed by atoms with Gasteiger partial charge in [-0.1, -0.05) is 23.7 Å². The third-order valence-corrected chi connectivity index (χ3v) is 2.37. The van der Waals surface area contributed by atoms with Crippen LogP contribution in [0.15, 0.2) is 24.3 Å². The van der Waals surface area contributed by atoms with Crippen LogP contribution in [0.2, 0.25) is 5.15 Å². The summed E-state index contributed by atoms with van der Waals surface area (Å²) in [6.07, 6.45) is 0. The Morgan fingerprint density at radius 1 is 1.43 bits per heavy atom. The molecule has 2 rings (SSSR count).